The SMILES string of the molecule is CCC[C@H](NC)C(=O)N[C@H](C(=O)N1CCC[C@H]1CC(=O)OC(C)(C)C)[C@@H](C)CC. The average molecular weight is 412 g/mol. The molecule has 0 saturated carbocycles. The molecule has 0 aromatic rings. The highest BCUT2D eigenvalue weighted by Crippen LogP contribution is 2.24. The van der Waals surface area contributed by atoms with Crippen molar-refractivity contribution in [2.24, 2.45) is 5.92 Å². The van der Waals surface area contributed by atoms with E-state index in [4.69, 9.17) is 4.74 Å². The van der Waals surface area contributed by atoms with Gasteiger partial charge >= 0.3 is 5.97 Å². The van der Waals surface area contributed by atoms with Crippen LogP contribution in [0.5, 0.6) is 0 Å². The van der Waals surface area contributed by atoms with Crippen molar-refractivity contribution in [2.45, 2.75) is 104 Å². The summed E-state index contributed by atoms with van der Waals surface area (Å²) in [6.45, 7) is 12.2. The van der Waals surface area contributed by atoms with E-state index in [0.29, 0.717) is 13.0 Å². The van der Waals surface area contributed by atoms with Gasteiger partial charge in [-0.15, -0.1) is 0 Å². The first-order chi connectivity index (χ1) is 13.5. The number of ether oxygens (including phenoxy) is 1. The van der Waals surface area contributed by atoms with Crippen LogP contribution >= 0.6 is 0 Å². The van der Waals surface area contributed by atoms with Gasteiger partial charge in [-0.25, -0.2) is 0 Å². The maximum Gasteiger partial charge on any atom is 0.308 e. The number of hydrogen-bond acceptors (Lipinski definition) is 5. The monoisotopic (exact) mass is 411 g/mol. The van der Waals surface area contributed by atoms with Crippen LogP contribution in [0.4, 0.5) is 0 Å². The smallest absolute Gasteiger partial charge is 0.308 e. The van der Waals surface area contributed by atoms with Crippen LogP contribution in [0.2, 0.25) is 0 Å². The molecule has 7 nitrogen and oxygen atoms in total. The number of carbonyl (C=O) groups excluding carboxylic acids is 3. The minimum Gasteiger partial charge on any atom is -0.460 e. The van der Waals surface area contributed by atoms with E-state index >= 15 is 0 Å². The number of esters is 1. The lowest BCUT2D eigenvalue weighted by atomic mass is 9.96. The Hall–Kier alpha value is -1.63. The number of nitrogens with zero attached hydrogens (tertiary/aromatic N) is 1. The third-order valence-electron chi connectivity index (χ3n) is 5.50. The number of likely N-dealkylation sites (tertiary alicyclic amines) is 1. The van der Waals surface area contributed by atoms with Gasteiger partial charge in [0.1, 0.15) is 11.6 Å². The second-order valence-electron chi connectivity index (χ2n) is 9.12. The summed E-state index contributed by atoms with van der Waals surface area (Å²) < 4.78 is 5.44. The van der Waals surface area contributed by atoms with E-state index < -0.39 is 11.6 Å². The molecular weight excluding hydrogens is 370 g/mol. The van der Waals surface area contributed by atoms with Crippen LogP contribution < -0.4 is 10.6 Å². The number of amides is 2. The van der Waals surface area contributed by atoms with Crippen LogP contribution in [0.15, 0.2) is 0 Å². The highest BCUT2D eigenvalue weighted by atomic mass is 16.6. The zero-order valence-corrected chi connectivity index (χ0v) is 19.3. The van der Waals surface area contributed by atoms with Crippen molar-refractivity contribution in [2.75, 3.05) is 13.6 Å². The largest absolute Gasteiger partial charge is 0.460 e. The Balaban J connectivity index is 2.89. The summed E-state index contributed by atoms with van der Waals surface area (Å²) in [6, 6.07) is -1.06. The molecule has 0 aromatic carbocycles. The van der Waals surface area contributed by atoms with Gasteiger partial charge < -0.3 is 20.3 Å². The molecule has 0 unspecified atom stereocenters. The third kappa shape index (κ3) is 7.96. The van der Waals surface area contributed by atoms with Crippen LogP contribution in [0, 0.1) is 5.92 Å². The molecule has 2 amide bonds. The molecule has 7 heteroatoms. The van der Waals surface area contributed by atoms with Crippen LogP contribution in [0.25, 0.3) is 0 Å². The number of carbonyl (C=O) groups is 3. The summed E-state index contributed by atoms with van der Waals surface area (Å²) in [4.78, 5) is 40.1. The van der Waals surface area contributed by atoms with Crippen molar-refractivity contribution in [3.05, 3.63) is 0 Å². The van der Waals surface area contributed by atoms with E-state index in [1.807, 2.05) is 41.5 Å². The lowest BCUT2D eigenvalue weighted by Crippen LogP contribution is -2.56. The minimum absolute atomic E-state index is 0.00774. The molecule has 0 spiro atoms. The van der Waals surface area contributed by atoms with Crippen LogP contribution in [0.1, 0.15) is 80.1 Å². The summed E-state index contributed by atoms with van der Waals surface area (Å²) in [5.41, 5.74) is -0.542. The van der Waals surface area contributed by atoms with Gasteiger partial charge in [0.25, 0.3) is 0 Å². The van der Waals surface area contributed by atoms with Gasteiger partial charge in [-0.2, -0.15) is 0 Å². The molecule has 1 aliphatic rings. The molecule has 0 radical (unpaired) electrons. The van der Waals surface area contributed by atoms with E-state index in [0.717, 1.165) is 25.7 Å². The van der Waals surface area contributed by atoms with Gasteiger partial charge in [-0.3, -0.25) is 14.4 Å². The Morgan fingerprint density at radius 3 is 2.38 bits per heavy atom. The number of likely N-dealkylation sites (N-methyl/N-ethyl adjacent to an activating group) is 1. The van der Waals surface area contributed by atoms with Crippen molar-refractivity contribution in [1.82, 2.24) is 15.5 Å². The van der Waals surface area contributed by atoms with E-state index in [2.05, 4.69) is 10.6 Å². The Morgan fingerprint density at radius 2 is 1.86 bits per heavy atom. The minimum atomic E-state index is -0.584. The Kier molecular flexibility index (Phi) is 10.1. The molecule has 168 valence electrons. The normalized spacial score (nSPS) is 20.1. The van der Waals surface area contributed by atoms with Gasteiger partial charge in [-0.05, 0) is 53.0 Å². The van der Waals surface area contributed by atoms with Gasteiger partial charge in [0.05, 0.1) is 12.5 Å². The Bertz CT molecular complexity index is 559. The van der Waals surface area contributed by atoms with E-state index in [9.17, 15) is 14.4 Å². The molecule has 0 aromatic heterocycles. The van der Waals surface area contributed by atoms with Crippen LogP contribution in [0.3, 0.4) is 0 Å². The fourth-order valence-corrected chi connectivity index (χ4v) is 3.72. The predicted molar refractivity (Wildman–Crippen MR) is 114 cm³/mol. The molecular formula is C22H41N3O4. The summed E-state index contributed by atoms with van der Waals surface area (Å²) >= 11 is 0. The zero-order chi connectivity index (χ0) is 22.2. The van der Waals surface area contributed by atoms with Crippen LogP contribution in [-0.2, 0) is 19.1 Å². The van der Waals surface area contributed by atoms with Crippen LogP contribution in [-0.4, -0.2) is 60.0 Å². The molecule has 29 heavy (non-hydrogen) atoms. The van der Waals surface area contributed by atoms with Crippen molar-refractivity contribution in [3.63, 3.8) is 0 Å². The fourth-order valence-electron chi connectivity index (χ4n) is 3.72. The fraction of sp³-hybridized carbons (Fsp3) is 0.864. The molecule has 0 aliphatic carbocycles. The Labute approximate surface area is 176 Å². The average Bonchev–Trinajstić information content (AvgIpc) is 3.08. The molecule has 1 rings (SSSR count). The second kappa shape index (κ2) is 11.5. The Morgan fingerprint density at radius 1 is 1.21 bits per heavy atom. The molecule has 1 aliphatic heterocycles. The molecule has 0 bridgehead atoms. The molecule has 1 heterocycles. The van der Waals surface area contributed by atoms with Crippen molar-refractivity contribution in [1.29, 1.82) is 0 Å². The number of rotatable bonds is 10. The molecule has 2 N–H and O–H groups in total. The molecule has 4 atom stereocenters. The predicted octanol–water partition coefficient (Wildman–Crippen LogP) is 2.63. The first-order valence-electron chi connectivity index (χ1n) is 11.0. The van der Waals surface area contributed by atoms with E-state index in [-0.39, 0.29) is 42.2 Å². The second-order valence-corrected chi connectivity index (χ2v) is 9.12. The van der Waals surface area contributed by atoms with Gasteiger partial charge in [-0.1, -0.05) is 33.6 Å². The maximum absolute atomic E-state index is 13.4. The van der Waals surface area contributed by atoms with E-state index in [1.54, 1.807) is 11.9 Å². The molecule has 1 saturated heterocycles. The summed E-state index contributed by atoms with van der Waals surface area (Å²) in [7, 11) is 1.76. The van der Waals surface area contributed by atoms with Gasteiger partial charge in [0.2, 0.25) is 11.8 Å². The van der Waals surface area contributed by atoms with Crippen molar-refractivity contribution >= 4 is 17.8 Å². The maximum atomic E-state index is 13.4. The lowest BCUT2D eigenvalue weighted by molar-refractivity contribution is -0.156. The molecule has 1 fully saturated rings. The highest BCUT2D eigenvalue weighted by molar-refractivity contribution is 5.90. The van der Waals surface area contributed by atoms with Crippen molar-refractivity contribution < 1.29 is 19.1 Å². The standard InChI is InChI=1S/C22H41N3O4/c1-8-11-17(23-7)20(27)24-19(15(3)9-2)21(28)25-13-10-12-16(25)14-18(26)29-22(4,5)6/h15-17,19,23H,8-14H2,1-7H3,(H,24,27)/t15-,16-,17-,19-/m0/s1. The lowest BCUT2D eigenvalue weighted by Gasteiger charge is -2.33. The summed E-state index contributed by atoms with van der Waals surface area (Å²) in [5, 5.41) is 6.02. The summed E-state index contributed by atoms with van der Waals surface area (Å²) in [5.74, 6) is -0.515. The topological polar surface area (TPSA) is 87.7 Å². The quantitative estimate of drug-likeness (QED) is 0.540. The van der Waals surface area contributed by atoms with Gasteiger partial charge in [0, 0.05) is 12.6 Å². The number of nitrogens with one attached hydrogen (secondary N) is 2. The number of hydrogen-bond donors (Lipinski definition) is 2. The third-order valence-corrected chi connectivity index (χ3v) is 5.50. The summed E-state index contributed by atoms with van der Waals surface area (Å²) in [6.07, 6.45) is 4.20. The van der Waals surface area contributed by atoms with E-state index in [1.165, 1.54) is 0 Å². The van der Waals surface area contributed by atoms with Crippen molar-refractivity contribution in [3.8, 4) is 0 Å². The first kappa shape index (κ1) is 25.4. The zero-order valence-electron chi connectivity index (χ0n) is 19.3. The highest BCUT2D eigenvalue weighted by Gasteiger charge is 2.38. The van der Waals surface area contributed by atoms with Gasteiger partial charge in [0.15, 0.2) is 0 Å². The first-order valence-corrected chi connectivity index (χ1v) is 11.0.